The van der Waals surface area contributed by atoms with Crippen LogP contribution >= 0.6 is 23.2 Å². The highest BCUT2D eigenvalue weighted by Gasteiger charge is 2.22. The smallest absolute Gasteiger partial charge is 0.352 e. The van der Waals surface area contributed by atoms with E-state index >= 15 is 0 Å². The predicted octanol–water partition coefficient (Wildman–Crippen LogP) is 2.54. The number of aryl methyl sites for hydroxylation is 2. The molecule has 0 saturated carbocycles. The van der Waals surface area contributed by atoms with Crippen LogP contribution in [-0.4, -0.2) is 41.5 Å². The molecule has 0 fully saturated rings. The van der Waals surface area contributed by atoms with E-state index in [9.17, 15) is 10.1 Å². The Morgan fingerprint density at radius 2 is 2.25 bits per heavy atom. The normalized spacial score (nSPS) is 11.1. The molecule has 1 N–H and O–H groups in total. The molecule has 24 heavy (non-hydrogen) atoms. The van der Waals surface area contributed by atoms with Crippen molar-refractivity contribution < 1.29 is 9.66 Å². The Balaban J connectivity index is 1.66. The highest BCUT2D eigenvalue weighted by Crippen LogP contribution is 2.27. The Hall–Kier alpha value is -2.46. The summed E-state index contributed by atoms with van der Waals surface area (Å²) in [6.45, 7) is 2.20. The van der Waals surface area contributed by atoms with Crippen LogP contribution in [0.15, 0.2) is 6.20 Å². The third kappa shape index (κ3) is 3.10. The summed E-state index contributed by atoms with van der Waals surface area (Å²) in [6, 6.07) is 0. The summed E-state index contributed by atoms with van der Waals surface area (Å²) >= 11 is 11.8. The van der Waals surface area contributed by atoms with Crippen LogP contribution in [0.2, 0.25) is 10.4 Å². The minimum atomic E-state index is -0.534. The van der Waals surface area contributed by atoms with Crippen LogP contribution in [0.3, 0.4) is 0 Å². The van der Waals surface area contributed by atoms with E-state index in [-0.39, 0.29) is 28.6 Å². The zero-order chi connectivity index (χ0) is 17.3. The van der Waals surface area contributed by atoms with Gasteiger partial charge in [0.05, 0.1) is 16.9 Å². The quantitative estimate of drug-likeness (QED) is 0.305. The second-order valence-electron chi connectivity index (χ2n) is 4.85. The lowest BCUT2D eigenvalue weighted by Gasteiger charge is -2.04. The number of fused-ring (bicyclic) bond motifs is 1. The number of ether oxygens (including phenoxy) is 1. The number of aromatic amines is 1. The molecule has 0 atom stereocenters. The maximum atomic E-state index is 10.9. The minimum Gasteiger partial charge on any atom is -0.472 e. The van der Waals surface area contributed by atoms with Gasteiger partial charge >= 0.3 is 11.6 Å². The van der Waals surface area contributed by atoms with Gasteiger partial charge in [-0.25, -0.2) is 9.67 Å². The monoisotopic (exact) mass is 371 g/mol. The molecule has 0 radical (unpaired) electrons. The lowest BCUT2D eigenvalue weighted by atomic mass is 10.4. The first-order valence-corrected chi connectivity index (χ1v) is 7.59. The van der Waals surface area contributed by atoms with E-state index in [1.807, 2.05) is 0 Å². The van der Waals surface area contributed by atoms with Crippen molar-refractivity contribution in [3.63, 3.8) is 0 Å². The summed E-state index contributed by atoms with van der Waals surface area (Å²) < 4.78 is 6.95. The standard InChI is InChI=1S/C12H11Cl2N7O3/c1-6-8(21(22)23)11(18-17-6)24-4-2-3-20-10-7(9(13)19-20)5-15-12(14)16-10/h5H,2-4H2,1H3,(H,17,18). The summed E-state index contributed by atoms with van der Waals surface area (Å²) in [4.78, 5) is 18.4. The van der Waals surface area contributed by atoms with Crippen LogP contribution in [0.1, 0.15) is 12.1 Å². The number of nitro groups is 1. The molecule has 3 heterocycles. The van der Waals surface area contributed by atoms with Gasteiger partial charge in [0.1, 0.15) is 5.69 Å². The van der Waals surface area contributed by atoms with Crippen LogP contribution in [0, 0.1) is 17.0 Å². The molecule has 0 saturated heterocycles. The van der Waals surface area contributed by atoms with Crippen molar-refractivity contribution in [1.82, 2.24) is 29.9 Å². The molecule has 3 aromatic rings. The molecule has 0 bridgehead atoms. The van der Waals surface area contributed by atoms with Crippen LogP contribution < -0.4 is 4.74 Å². The van der Waals surface area contributed by atoms with E-state index in [2.05, 4.69) is 25.3 Å². The minimum absolute atomic E-state index is 0.0359. The van der Waals surface area contributed by atoms with E-state index in [1.165, 1.54) is 6.20 Å². The Kier molecular flexibility index (Phi) is 4.49. The van der Waals surface area contributed by atoms with E-state index in [4.69, 9.17) is 27.9 Å². The maximum absolute atomic E-state index is 10.9. The topological polar surface area (TPSA) is 125 Å². The lowest BCUT2D eigenvalue weighted by molar-refractivity contribution is -0.386. The lowest BCUT2D eigenvalue weighted by Crippen LogP contribution is -2.07. The number of nitrogens with one attached hydrogen (secondary N) is 1. The molecule has 126 valence electrons. The Morgan fingerprint density at radius 1 is 1.46 bits per heavy atom. The van der Waals surface area contributed by atoms with E-state index in [1.54, 1.807) is 11.6 Å². The molecule has 3 aromatic heterocycles. The van der Waals surface area contributed by atoms with Gasteiger partial charge in [-0.3, -0.25) is 15.2 Å². The number of hydrogen-bond acceptors (Lipinski definition) is 7. The molecule has 0 amide bonds. The first kappa shape index (κ1) is 16.4. The summed E-state index contributed by atoms with van der Waals surface area (Å²) in [6.07, 6.45) is 2.01. The molecule has 0 aliphatic carbocycles. The first-order valence-electron chi connectivity index (χ1n) is 6.84. The van der Waals surface area contributed by atoms with E-state index < -0.39 is 4.92 Å². The molecule has 12 heteroatoms. The van der Waals surface area contributed by atoms with Crippen molar-refractivity contribution in [2.24, 2.45) is 0 Å². The second-order valence-corrected chi connectivity index (χ2v) is 5.55. The van der Waals surface area contributed by atoms with Crippen LogP contribution in [-0.2, 0) is 6.54 Å². The zero-order valence-corrected chi connectivity index (χ0v) is 13.9. The van der Waals surface area contributed by atoms with Gasteiger partial charge in [-0.2, -0.15) is 10.1 Å². The second kappa shape index (κ2) is 6.57. The van der Waals surface area contributed by atoms with Gasteiger partial charge < -0.3 is 4.74 Å². The summed E-state index contributed by atoms with van der Waals surface area (Å²) in [5.74, 6) is -0.0359. The van der Waals surface area contributed by atoms with E-state index in [0.29, 0.717) is 29.7 Å². The first-order chi connectivity index (χ1) is 11.5. The zero-order valence-electron chi connectivity index (χ0n) is 12.4. The molecule has 0 spiro atoms. The van der Waals surface area contributed by atoms with Gasteiger partial charge in [0.15, 0.2) is 10.8 Å². The average Bonchev–Trinajstić information content (AvgIpc) is 3.04. The fourth-order valence-corrected chi connectivity index (χ4v) is 2.51. The van der Waals surface area contributed by atoms with Gasteiger partial charge in [0, 0.05) is 19.2 Å². The molecule has 10 nitrogen and oxygen atoms in total. The number of rotatable bonds is 6. The third-order valence-electron chi connectivity index (χ3n) is 3.23. The van der Waals surface area contributed by atoms with Gasteiger partial charge in [-0.1, -0.05) is 11.6 Å². The molecule has 3 rings (SSSR count). The number of nitrogens with zero attached hydrogens (tertiary/aromatic N) is 6. The molecule has 0 aromatic carbocycles. The molecule has 0 aliphatic rings. The fraction of sp³-hybridized carbons (Fsp3) is 0.333. The van der Waals surface area contributed by atoms with Crippen LogP contribution in [0.4, 0.5) is 5.69 Å². The van der Waals surface area contributed by atoms with Crippen molar-refractivity contribution in [2.75, 3.05) is 6.61 Å². The Labute approximate surface area is 144 Å². The third-order valence-corrected chi connectivity index (χ3v) is 3.69. The summed E-state index contributed by atoms with van der Waals surface area (Å²) in [7, 11) is 0. The maximum Gasteiger partial charge on any atom is 0.352 e. The number of hydrogen-bond donors (Lipinski definition) is 1. The van der Waals surface area contributed by atoms with Gasteiger partial charge in [0.2, 0.25) is 5.28 Å². The van der Waals surface area contributed by atoms with Crippen molar-refractivity contribution in [2.45, 2.75) is 19.9 Å². The molecule has 0 aliphatic heterocycles. The predicted molar refractivity (Wildman–Crippen MR) is 85.4 cm³/mol. The van der Waals surface area contributed by atoms with Gasteiger partial charge in [-0.15, -0.1) is 5.10 Å². The van der Waals surface area contributed by atoms with Gasteiger partial charge in [-0.05, 0) is 18.5 Å². The molecule has 0 unspecified atom stereocenters. The largest absolute Gasteiger partial charge is 0.472 e. The summed E-state index contributed by atoms with van der Waals surface area (Å²) in [5, 5.41) is 22.4. The Morgan fingerprint density at radius 3 is 3.00 bits per heavy atom. The average molecular weight is 372 g/mol. The number of halogens is 2. The number of aromatic nitrogens is 6. The number of H-pyrrole nitrogens is 1. The molecular weight excluding hydrogens is 361 g/mol. The van der Waals surface area contributed by atoms with Crippen molar-refractivity contribution >= 4 is 39.9 Å². The van der Waals surface area contributed by atoms with Crippen LogP contribution in [0.5, 0.6) is 5.88 Å². The summed E-state index contributed by atoms with van der Waals surface area (Å²) in [5.41, 5.74) is 0.690. The van der Waals surface area contributed by atoms with Crippen molar-refractivity contribution in [3.05, 3.63) is 32.4 Å². The Bertz CT molecular complexity index is 908. The van der Waals surface area contributed by atoms with Crippen molar-refractivity contribution in [3.8, 4) is 5.88 Å². The molecular formula is C12H11Cl2N7O3. The van der Waals surface area contributed by atoms with E-state index in [0.717, 1.165) is 0 Å². The fourth-order valence-electron chi connectivity index (χ4n) is 2.16. The van der Waals surface area contributed by atoms with Crippen molar-refractivity contribution in [1.29, 1.82) is 0 Å². The highest BCUT2D eigenvalue weighted by atomic mass is 35.5. The van der Waals surface area contributed by atoms with Crippen LogP contribution in [0.25, 0.3) is 11.0 Å². The highest BCUT2D eigenvalue weighted by molar-refractivity contribution is 6.34. The van der Waals surface area contributed by atoms with Gasteiger partial charge in [0.25, 0.3) is 0 Å². The SMILES string of the molecule is Cc1[nH]nc(OCCCn2nc(Cl)c3cnc(Cl)nc32)c1[N+](=O)[O-].